The second-order valence-electron chi connectivity index (χ2n) is 4.63. The molecule has 0 spiro atoms. The Morgan fingerprint density at radius 3 is 2.72 bits per heavy atom. The van der Waals surface area contributed by atoms with Crippen molar-refractivity contribution in [2.24, 2.45) is 5.73 Å². The molecule has 102 valence electrons. The van der Waals surface area contributed by atoms with Crippen LogP contribution in [0.4, 0.5) is 0 Å². The number of rotatable bonds is 8. The summed E-state index contributed by atoms with van der Waals surface area (Å²) in [5.41, 5.74) is 7.10. The van der Waals surface area contributed by atoms with Crippen molar-refractivity contribution in [3.8, 4) is 5.75 Å². The molecule has 0 fully saturated rings. The van der Waals surface area contributed by atoms with Crippen LogP contribution in [0.2, 0.25) is 0 Å². The predicted octanol–water partition coefficient (Wildman–Crippen LogP) is 2.69. The molecule has 4 nitrogen and oxygen atoms in total. The van der Waals surface area contributed by atoms with Gasteiger partial charge in [-0.2, -0.15) is 0 Å². The summed E-state index contributed by atoms with van der Waals surface area (Å²) in [6, 6.07) is 1.90. The Balaban J connectivity index is 2.48. The molecule has 1 aromatic heterocycles. The lowest BCUT2D eigenvalue weighted by molar-refractivity contribution is 0.127. The van der Waals surface area contributed by atoms with Gasteiger partial charge in [-0.05, 0) is 38.3 Å². The van der Waals surface area contributed by atoms with Crippen LogP contribution >= 0.6 is 0 Å². The zero-order valence-electron chi connectivity index (χ0n) is 11.6. The van der Waals surface area contributed by atoms with Gasteiger partial charge < -0.3 is 15.2 Å². The maximum Gasteiger partial charge on any atom is 0.138 e. The van der Waals surface area contributed by atoms with E-state index in [9.17, 15) is 0 Å². The van der Waals surface area contributed by atoms with Crippen LogP contribution in [0.3, 0.4) is 0 Å². The molecule has 0 amide bonds. The molecule has 0 aliphatic rings. The molecule has 1 unspecified atom stereocenters. The molecular weight excluding hydrogens is 228 g/mol. The lowest BCUT2D eigenvalue weighted by atomic mass is 10.1. The Kier molecular flexibility index (Phi) is 6.68. The standard InChI is InChI=1S/C14H24N2O2/c1-4-6-17-7-5-14(15)12-8-13(10-16-9-12)18-11(2)3/h8-11,14H,4-7,15H2,1-3H3. The molecule has 0 saturated carbocycles. The molecule has 0 bridgehead atoms. The monoisotopic (exact) mass is 252 g/mol. The third-order valence-electron chi connectivity index (χ3n) is 2.46. The van der Waals surface area contributed by atoms with Crippen LogP contribution < -0.4 is 10.5 Å². The van der Waals surface area contributed by atoms with E-state index in [1.54, 1.807) is 12.4 Å². The first-order valence-electron chi connectivity index (χ1n) is 6.58. The minimum atomic E-state index is -0.0509. The summed E-state index contributed by atoms with van der Waals surface area (Å²) in [7, 11) is 0. The van der Waals surface area contributed by atoms with Gasteiger partial charge in [-0.3, -0.25) is 4.98 Å². The maximum absolute atomic E-state index is 6.10. The highest BCUT2D eigenvalue weighted by molar-refractivity contribution is 5.25. The van der Waals surface area contributed by atoms with E-state index < -0.39 is 0 Å². The Morgan fingerprint density at radius 2 is 2.06 bits per heavy atom. The number of hydrogen-bond donors (Lipinski definition) is 1. The van der Waals surface area contributed by atoms with Gasteiger partial charge in [-0.1, -0.05) is 6.92 Å². The summed E-state index contributed by atoms with van der Waals surface area (Å²) in [5, 5.41) is 0. The molecule has 1 aromatic rings. The van der Waals surface area contributed by atoms with Gasteiger partial charge in [0.25, 0.3) is 0 Å². The maximum atomic E-state index is 6.10. The molecular formula is C14H24N2O2. The quantitative estimate of drug-likeness (QED) is 0.723. The zero-order valence-corrected chi connectivity index (χ0v) is 11.6. The molecule has 0 aliphatic heterocycles. The van der Waals surface area contributed by atoms with Gasteiger partial charge in [0.1, 0.15) is 5.75 Å². The van der Waals surface area contributed by atoms with Gasteiger partial charge in [-0.15, -0.1) is 0 Å². The minimum Gasteiger partial charge on any atom is -0.489 e. The lowest BCUT2D eigenvalue weighted by Crippen LogP contribution is -2.14. The third kappa shape index (κ3) is 5.47. The highest BCUT2D eigenvalue weighted by atomic mass is 16.5. The molecule has 1 atom stereocenters. The van der Waals surface area contributed by atoms with Gasteiger partial charge in [-0.25, -0.2) is 0 Å². The SMILES string of the molecule is CCCOCCC(N)c1cncc(OC(C)C)c1. The summed E-state index contributed by atoms with van der Waals surface area (Å²) >= 11 is 0. The summed E-state index contributed by atoms with van der Waals surface area (Å²) in [6.07, 6.45) is 5.48. The molecule has 1 heterocycles. The van der Waals surface area contributed by atoms with Gasteiger partial charge in [0, 0.05) is 25.5 Å². The Morgan fingerprint density at radius 1 is 1.28 bits per heavy atom. The fraction of sp³-hybridized carbons (Fsp3) is 0.643. The smallest absolute Gasteiger partial charge is 0.138 e. The number of nitrogens with zero attached hydrogens (tertiary/aromatic N) is 1. The van der Waals surface area contributed by atoms with Crippen molar-refractivity contribution in [3.63, 3.8) is 0 Å². The van der Waals surface area contributed by atoms with E-state index in [0.717, 1.165) is 30.8 Å². The normalized spacial score (nSPS) is 12.7. The summed E-state index contributed by atoms with van der Waals surface area (Å²) in [6.45, 7) is 7.55. The van der Waals surface area contributed by atoms with Crippen molar-refractivity contribution < 1.29 is 9.47 Å². The molecule has 2 N–H and O–H groups in total. The molecule has 0 radical (unpaired) electrons. The zero-order chi connectivity index (χ0) is 13.4. The van der Waals surface area contributed by atoms with Crippen LogP contribution in [0, 0.1) is 0 Å². The summed E-state index contributed by atoms with van der Waals surface area (Å²) in [5.74, 6) is 0.771. The van der Waals surface area contributed by atoms with Crippen molar-refractivity contribution in [2.75, 3.05) is 13.2 Å². The Bertz CT molecular complexity index is 342. The molecule has 0 saturated heterocycles. The van der Waals surface area contributed by atoms with E-state index in [1.165, 1.54) is 0 Å². The van der Waals surface area contributed by atoms with E-state index in [2.05, 4.69) is 11.9 Å². The topological polar surface area (TPSA) is 57.4 Å². The highest BCUT2D eigenvalue weighted by Crippen LogP contribution is 2.19. The van der Waals surface area contributed by atoms with Gasteiger partial charge in [0.15, 0.2) is 0 Å². The van der Waals surface area contributed by atoms with Crippen molar-refractivity contribution in [1.82, 2.24) is 4.98 Å². The highest BCUT2D eigenvalue weighted by Gasteiger charge is 2.08. The summed E-state index contributed by atoms with van der Waals surface area (Å²) < 4.78 is 11.0. The number of aromatic nitrogens is 1. The minimum absolute atomic E-state index is 0.0509. The Hall–Kier alpha value is -1.13. The molecule has 1 rings (SSSR count). The van der Waals surface area contributed by atoms with Crippen LogP contribution in [0.5, 0.6) is 5.75 Å². The number of ether oxygens (including phenoxy) is 2. The fourth-order valence-corrected chi connectivity index (χ4v) is 1.60. The van der Waals surface area contributed by atoms with Gasteiger partial charge in [0.2, 0.25) is 0 Å². The first-order chi connectivity index (χ1) is 8.63. The molecule has 0 aliphatic carbocycles. The largest absolute Gasteiger partial charge is 0.489 e. The summed E-state index contributed by atoms with van der Waals surface area (Å²) in [4.78, 5) is 4.16. The average molecular weight is 252 g/mol. The first kappa shape index (κ1) is 14.9. The number of hydrogen-bond acceptors (Lipinski definition) is 4. The predicted molar refractivity (Wildman–Crippen MR) is 72.7 cm³/mol. The van der Waals surface area contributed by atoms with E-state index in [0.29, 0.717) is 6.61 Å². The van der Waals surface area contributed by atoms with Crippen molar-refractivity contribution in [1.29, 1.82) is 0 Å². The van der Waals surface area contributed by atoms with Crippen LogP contribution in [0.25, 0.3) is 0 Å². The van der Waals surface area contributed by atoms with Crippen molar-refractivity contribution >= 4 is 0 Å². The van der Waals surface area contributed by atoms with Crippen molar-refractivity contribution in [2.45, 2.75) is 45.8 Å². The van der Waals surface area contributed by atoms with E-state index in [4.69, 9.17) is 15.2 Å². The molecule has 0 aromatic carbocycles. The fourth-order valence-electron chi connectivity index (χ4n) is 1.60. The molecule has 18 heavy (non-hydrogen) atoms. The number of pyridine rings is 1. The second kappa shape index (κ2) is 8.06. The van der Waals surface area contributed by atoms with E-state index in [1.807, 2.05) is 19.9 Å². The average Bonchev–Trinajstić information content (AvgIpc) is 2.34. The van der Waals surface area contributed by atoms with E-state index in [-0.39, 0.29) is 12.1 Å². The van der Waals surface area contributed by atoms with Crippen LogP contribution in [-0.4, -0.2) is 24.3 Å². The second-order valence-corrected chi connectivity index (χ2v) is 4.63. The number of nitrogens with two attached hydrogens (primary N) is 1. The Labute approximate surface area is 110 Å². The molecule has 4 heteroatoms. The van der Waals surface area contributed by atoms with Gasteiger partial charge >= 0.3 is 0 Å². The van der Waals surface area contributed by atoms with Crippen LogP contribution in [0.1, 0.15) is 45.2 Å². The lowest BCUT2D eigenvalue weighted by Gasteiger charge is -2.14. The van der Waals surface area contributed by atoms with Crippen molar-refractivity contribution in [3.05, 3.63) is 24.0 Å². The van der Waals surface area contributed by atoms with Crippen LogP contribution in [0.15, 0.2) is 18.5 Å². The van der Waals surface area contributed by atoms with Crippen LogP contribution in [-0.2, 0) is 4.74 Å². The van der Waals surface area contributed by atoms with Gasteiger partial charge in [0.05, 0.1) is 12.3 Å². The first-order valence-corrected chi connectivity index (χ1v) is 6.58. The third-order valence-corrected chi connectivity index (χ3v) is 2.46. The van der Waals surface area contributed by atoms with E-state index >= 15 is 0 Å².